The molecule has 3 rings (SSSR count). The van der Waals surface area contributed by atoms with Gasteiger partial charge in [0.2, 0.25) is 0 Å². The molecule has 0 amide bonds. The highest BCUT2D eigenvalue weighted by Gasteiger charge is 2.32. The second-order valence-electron chi connectivity index (χ2n) is 5.36. The summed E-state index contributed by atoms with van der Waals surface area (Å²) in [6.45, 7) is 0. The van der Waals surface area contributed by atoms with Crippen molar-refractivity contribution in [1.82, 2.24) is 4.98 Å². The van der Waals surface area contributed by atoms with Gasteiger partial charge >= 0.3 is 0 Å². The van der Waals surface area contributed by atoms with E-state index >= 15 is 0 Å². The van der Waals surface area contributed by atoms with Crippen LogP contribution in [0.15, 0.2) is 47.2 Å². The summed E-state index contributed by atoms with van der Waals surface area (Å²) in [6.07, 6.45) is 7.91. The Morgan fingerprint density at radius 2 is 2.11 bits per heavy atom. The van der Waals surface area contributed by atoms with Crippen molar-refractivity contribution in [1.29, 1.82) is 0 Å². The van der Waals surface area contributed by atoms with Crippen LogP contribution in [0.1, 0.15) is 29.5 Å². The van der Waals surface area contributed by atoms with Gasteiger partial charge in [0.05, 0.1) is 0 Å². The van der Waals surface area contributed by atoms with E-state index in [0.717, 1.165) is 30.2 Å². The minimum absolute atomic E-state index is 0.253. The summed E-state index contributed by atoms with van der Waals surface area (Å²) in [7, 11) is 0. The van der Waals surface area contributed by atoms with Crippen LogP contribution in [0.2, 0.25) is 0 Å². The second kappa shape index (κ2) is 5.06. The zero-order valence-corrected chi connectivity index (χ0v) is 12.4. The van der Waals surface area contributed by atoms with E-state index in [0.29, 0.717) is 0 Å². The van der Waals surface area contributed by atoms with Crippen molar-refractivity contribution in [2.75, 3.05) is 0 Å². The molecule has 0 radical (unpaired) electrons. The van der Waals surface area contributed by atoms with E-state index in [4.69, 9.17) is 5.73 Å². The Kier molecular flexibility index (Phi) is 3.42. The Bertz CT molecular complexity index is 597. The Morgan fingerprint density at radius 3 is 2.95 bits per heavy atom. The summed E-state index contributed by atoms with van der Waals surface area (Å²) in [5, 5.41) is 0. The summed E-state index contributed by atoms with van der Waals surface area (Å²) in [5.74, 6) is 0. The molecular weight excluding hydrogens is 300 g/mol. The van der Waals surface area contributed by atoms with Crippen LogP contribution < -0.4 is 5.73 Å². The third kappa shape index (κ3) is 2.58. The molecule has 1 unspecified atom stereocenters. The Morgan fingerprint density at radius 1 is 1.26 bits per heavy atom. The number of nitrogens with two attached hydrogens (primary N) is 1. The fourth-order valence-corrected chi connectivity index (χ4v) is 3.47. The smallest absolute Gasteiger partial charge is 0.0453 e. The first-order chi connectivity index (χ1) is 9.17. The zero-order chi connectivity index (χ0) is 13.3. The minimum Gasteiger partial charge on any atom is -0.321 e. The fraction of sp³-hybridized carbons (Fsp3) is 0.312. The van der Waals surface area contributed by atoms with Crippen LogP contribution in [0.4, 0.5) is 0 Å². The molecule has 1 aromatic heterocycles. The number of aromatic nitrogens is 1. The van der Waals surface area contributed by atoms with Gasteiger partial charge in [-0.15, -0.1) is 0 Å². The third-order valence-corrected chi connectivity index (χ3v) is 4.34. The van der Waals surface area contributed by atoms with Gasteiger partial charge in [0.15, 0.2) is 0 Å². The zero-order valence-electron chi connectivity index (χ0n) is 10.8. The molecule has 2 N–H and O–H groups in total. The van der Waals surface area contributed by atoms with Crippen LogP contribution in [0.25, 0.3) is 0 Å². The van der Waals surface area contributed by atoms with E-state index in [9.17, 15) is 0 Å². The number of benzene rings is 1. The lowest BCUT2D eigenvalue weighted by Crippen LogP contribution is -2.42. The first kappa shape index (κ1) is 12.8. The van der Waals surface area contributed by atoms with Gasteiger partial charge in [-0.05, 0) is 64.4 Å². The van der Waals surface area contributed by atoms with Gasteiger partial charge in [-0.3, -0.25) is 4.98 Å². The van der Waals surface area contributed by atoms with Gasteiger partial charge in [0.25, 0.3) is 0 Å². The van der Waals surface area contributed by atoms with Gasteiger partial charge in [-0.2, -0.15) is 0 Å². The molecule has 3 heteroatoms. The Hall–Kier alpha value is -1.19. The van der Waals surface area contributed by atoms with E-state index in [2.05, 4.69) is 51.2 Å². The van der Waals surface area contributed by atoms with E-state index in [1.807, 2.05) is 12.4 Å². The van der Waals surface area contributed by atoms with Crippen molar-refractivity contribution in [3.8, 4) is 0 Å². The van der Waals surface area contributed by atoms with Crippen molar-refractivity contribution in [2.45, 2.75) is 31.2 Å². The molecule has 2 nitrogen and oxygen atoms in total. The molecule has 1 aromatic carbocycles. The predicted octanol–water partition coefficient (Wildman–Crippen LogP) is 3.58. The number of hydrogen-bond acceptors (Lipinski definition) is 2. The number of pyridine rings is 1. The summed E-state index contributed by atoms with van der Waals surface area (Å²) in [6, 6.07) is 10.7. The van der Waals surface area contributed by atoms with Crippen molar-refractivity contribution in [3.63, 3.8) is 0 Å². The maximum atomic E-state index is 6.71. The van der Waals surface area contributed by atoms with Gasteiger partial charge in [0.1, 0.15) is 0 Å². The molecule has 1 atom stereocenters. The van der Waals surface area contributed by atoms with E-state index in [-0.39, 0.29) is 5.54 Å². The molecule has 0 aliphatic heterocycles. The number of aryl methyl sites for hydroxylation is 1. The standard InChI is InChI=1S/C16H17BrN2/c17-14-8-12(10-19-11-14)9-16(18)7-3-5-13-4-1-2-6-15(13)16/h1-2,4,6,8,10-11H,3,5,7,9,18H2. The summed E-state index contributed by atoms with van der Waals surface area (Å²) < 4.78 is 1.01. The Balaban J connectivity index is 1.96. The van der Waals surface area contributed by atoms with Gasteiger partial charge in [-0.1, -0.05) is 24.3 Å². The molecule has 0 saturated carbocycles. The molecular formula is C16H17BrN2. The van der Waals surface area contributed by atoms with E-state index in [1.165, 1.54) is 16.7 Å². The van der Waals surface area contributed by atoms with Crippen molar-refractivity contribution in [2.24, 2.45) is 5.73 Å². The van der Waals surface area contributed by atoms with Crippen LogP contribution in [-0.2, 0) is 18.4 Å². The normalized spacial score (nSPS) is 22.0. The molecule has 1 aliphatic carbocycles. The highest BCUT2D eigenvalue weighted by Crippen LogP contribution is 2.35. The Labute approximate surface area is 122 Å². The van der Waals surface area contributed by atoms with Crippen LogP contribution in [-0.4, -0.2) is 4.98 Å². The highest BCUT2D eigenvalue weighted by atomic mass is 79.9. The SMILES string of the molecule is NC1(Cc2cncc(Br)c2)CCCc2ccccc21. The molecule has 0 fully saturated rings. The predicted molar refractivity (Wildman–Crippen MR) is 80.9 cm³/mol. The van der Waals surface area contributed by atoms with Gasteiger partial charge in [0, 0.05) is 22.4 Å². The van der Waals surface area contributed by atoms with Crippen molar-refractivity contribution < 1.29 is 0 Å². The number of halogens is 1. The van der Waals surface area contributed by atoms with Gasteiger partial charge < -0.3 is 5.73 Å². The largest absolute Gasteiger partial charge is 0.321 e. The summed E-state index contributed by atoms with van der Waals surface area (Å²) in [4.78, 5) is 4.23. The van der Waals surface area contributed by atoms with Crippen molar-refractivity contribution >= 4 is 15.9 Å². The lowest BCUT2D eigenvalue weighted by atomic mass is 9.74. The first-order valence-electron chi connectivity index (χ1n) is 6.64. The lowest BCUT2D eigenvalue weighted by Gasteiger charge is -2.36. The molecule has 2 aromatic rings. The van der Waals surface area contributed by atoms with Gasteiger partial charge in [-0.25, -0.2) is 0 Å². The average Bonchev–Trinajstić information content (AvgIpc) is 2.39. The first-order valence-corrected chi connectivity index (χ1v) is 7.43. The van der Waals surface area contributed by atoms with Crippen molar-refractivity contribution in [3.05, 3.63) is 63.9 Å². The summed E-state index contributed by atoms with van der Waals surface area (Å²) in [5.41, 5.74) is 10.4. The monoisotopic (exact) mass is 316 g/mol. The maximum absolute atomic E-state index is 6.71. The van der Waals surface area contributed by atoms with Crippen LogP contribution in [0.5, 0.6) is 0 Å². The second-order valence-corrected chi connectivity index (χ2v) is 6.27. The number of rotatable bonds is 2. The quantitative estimate of drug-likeness (QED) is 0.919. The lowest BCUT2D eigenvalue weighted by molar-refractivity contribution is 0.369. The van der Waals surface area contributed by atoms with Crippen LogP contribution in [0.3, 0.4) is 0 Å². The third-order valence-electron chi connectivity index (χ3n) is 3.90. The average molecular weight is 317 g/mol. The molecule has 19 heavy (non-hydrogen) atoms. The number of fused-ring (bicyclic) bond motifs is 1. The molecule has 1 aliphatic rings. The molecule has 1 heterocycles. The maximum Gasteiger partial charge on any atom is 0.0453 e. The van der Waals surface area contributed by atoms with Crippen LogP contribution in [0, 0.1) is 0 Å². The fourth-order valence-electron chi connectivity index (χ4n) is 3.05. The molecule has 98 valence electrons. The minimum atomic E-state index is -0.253. The molecule has 0 spiro atoms. The summed E-state index contributed by atoms with van der Waals surface area (Å²) >= 11 is 3.47. The number of nitrogens with zero attached hydrogens (tertiary/aromatic N) is 1. The van der Waals surface area contributed by atoms with E-state index < -0.39 is 0 Å². The highest BCUT2D eigenvalue weighted by molar-refractivity contribution is 9.10. The van der Waals surface area contributed by atoms with Crippen LogP contribution >= 0.6 is 15.9 Å². The number of hydrogen-bond donors (Lipinski definition) is 1. The topological polar surface area (TPSA) is 38.9 Å². The molecule has 0 saturated heterocycles. The van der Waals surface area contributed by atoms with E-state index in [1.54, 1.807) is 0 Å². The molecule has 0 bridgehead atoms.